The average molecular weight is 497 g/mol. The highest BCUT2D eigenvalue weighted by molar-refractivity contribution is 7.91. The van der Waals surface area contributed by atoms with Gasteiger partial charge in [-0.3, -0.25) is 0 Å². The van der Waals surface area contributed by atoms with Gasteiger partial charge in [0.25, 0.3) is 0 Å². The summed E-state index contributed by atoms with van der Waals surface area (Å²) in [5.74, 6) is 1.84. The molecule has 2 atom stereocenters. The van der Waals surface area contributed by atoms with Crippen LogP contribution in [0.15, 0.2) is 36.4 Å². The molecule has 0 aromatic heterocycles. The molecule has 1 saturated carbocycles. The molecule has 0 amide bonds. The highest BCUT2D eigenvalue weighted by atomic mass is 35.5. The third kappa shape index (κ3) is 5.99. The summed E-state index contributed by atoms with van der Waals surface area (Å²) in [5.41, 5.74) is 10.1. The minimum Gasteiger partial charge on any atom is -0.494 e. The number of nitrogens with two attached hydrogens (primary N) is 1. The van der Waals surface area contributed by atoms with E-state index in [1.54, 1.807) is 0 Å². The van der Waals surface area contributed by atoms with E-state index in [4.69, 9.17) is 33.7 Å². The van der Waals surface area contributed by atoms with Crippen molar-refractivity contribution in [3.63, 3.8) is 0 Å². The lowest BCUT2D eigenvalue weighted by Gasteiger charge is -2.32. The van der Waals surface area contributed by atoms with Crippen molar-refractivity contribution in [3.8, 4) is 5.75 Å². The molecule has 7 heteroatoms. The van der Waals surface area contributed by atoms with E-state index in [2.05, 4.69) is 12.1 Å². The van der Waals surface area contributed by atoms with Crippen LogP contribution >= 0.6 is 23.2 Å². The molecule has 174 valence electrons. The number of rotatable bonds is 9. The first-order chi connectivity index (χ1) is 15.3. The molecule has 2 aliphatic carbocycles. The fourth-order valence-corrected chi connectivity index (χ4v) is 6.84. The number of ether oxygens (including phenoxy) is 1. The molecule has 32 heavy (non-hydrogen) atoms. The summed E-state index contributed by atoms with van der Waals surface area (Å²) in [6.45, 7) is 0.395. The molecule has 4 rings (SSSR count). The second-order valence-corrected chi connectivity index (χ2v) is 12.3. The predicted octanol–water partition coefficient (Wildman–Crippen LogP) is 5.58. The Morgan fingerprint density at radius 1 is 1.03 bits per heavy atom. The molecule has 2 aromatic rings. The van der Waals surface area contributed by atoms with Gasteiger partial charge in [0.05, 0.1) is 28.2 Å². The lowest BCUT2D eigenvalue weighted by molar-refractivity contribution is 0.315. The van der Waals surface area contributed by atoms with Crippen molar-refractivity contribution in [2.24, 2.45) is 11.7 Å². The Labute approximate surface area is 201 Å². The average Bonchev–Trinajstić information content (AvgIpc) is 2.73. The Kier molecular flexibility index (Phi) is 7.71. The minimum atomic E-state index is -2.98. The Balaban J connectivity index is 1.38. The first-order valence-corrected chi connectivity index (χ1v) is 14.0. The zero-order valence-corrected chi connectivity index (χ0v) is 20.6. The zero-order valence-electron chi connectivity index (χ0n) is 18.2. The van der Waals surface area contributed by atoms with E-state index < -0.39 is 9.84 Å². The van der Waals surface area contributed by atoms with Gasteiger partial charge in [-0.1, -0.05) is 41.8 Å². The Morgan fingerprint density at radius 3 is 2.56 bits per heavy atom. The van der Waals surface area contributed by atoms with Gasteiger partial charge >= 0.3 is 0 Å². The standard InChI is InChI=1S/C25H31Cl2NO3S/c26-23-9-5-18(14-24(23)27)13-22-21-15-20(8-6-19(21)7-10-25(22)28)31-11-2-12-32(29,30)16-17-3-1-4-17/h5-6,8-9,14-15,17,22,25H,1-4,7,10-13,16,28H2. The van der Waals surface area contributed by atoms with Gasteiger partial charge in [-0.2, -0.15) is 0 Å². The van der Waals surface area contributed by atoms with Crippen LogP contribution in [-0.4, -0.2) is 32.6 Å². The van der Waals surface area contributed by atoms with Crippen LogP contribution in [0.4, 0.5) is 0 Å². The summed E-state index contributed by atoms with van der Waals surface area (Å²) in [5, 5.41) is 1.10. The summed E-state index contributed by atoms with van der Waals surface area (Å²) < 4.78 is 30.4. The molecule has 2 unspecified atom stereocenters. The number of aryl methyl sites for hydroxylation is 1. The van der Waals surface area contributed by atoms with Gasteiger partial charge in [0.15, 0.2) is 9.84 Å². The molecule has 1 fully saturated rings. The molecule has 2 aliphatic rings. The molecule has 0 radical (unpaired) electrons. The number of hydrogen-bond acceptors (Lipinski definition) is 4. The van der Waals surface area contributed by atoms with Crippen molar-refractivity contribution in [1.82, 2.24) is 0 Å². The van der Waals surface area contributed by atoms with Crippen LogP contribution in [-0.2, 0) is 22.7 Å². The summed E-state index contributed by atoms with van der Waals surface area (Å²) >= 11 is 12.3. The molecule has 4 nitrogen and oxygen atoms in total. The van der Waals surface area contributed by atoms with Crippen LogP contribution in [0.2, 0.25) is 10.0 Å². The van der Waals surface area contributed by atoms with E-state index in [1.807, 2.05) is 24.3 Å². The highest BCUT2D eigenvalue weighted by Gasteiger charge is 2.28. The van der Waals surface area contributed by atoms with Crippen LogP contribution in [0.5, 0.6) is 5.75 Å². The maximum Gasteiger partial charge on any atom is 0.150 e. The van der Waals surface area contributed by atoms with Gasteiger partial charge < -0.3 is 10.5 Å². The summed E-state index contributed by atoms with van der Waals surface area (Å²) in [7, 11) is -2.98. The molecule has 0 aliphatic heterocycles. The van der Waals surface area contributed by atoms with E-state index in [0.29, 0.717) is 34.7 Å². The van der Waals surface area contributed by atoms with Crippen LogP contribution in [0.1, 0.15) is 54.7 Å². The number of benzene rings is 2. The fourth-order valence-electron chi connectivity index (χ4n) is 4.74. The normalized spacial score (nSPS) is 21.1. The van der Waals surface area contributed by atoms with Crippen LogP contribution in [0.3, 0.4) is 0 Å². The Hall–Kier alpha value is -1.27. The smallest absolute Gasteiger partial charge is 0.150 e. The van der Waals surface area contributed by atoms with E-state index in [9.17, 15) is 8.42 Å². The third-order valence-electron chi connectivity index (χ3n) is 6.80. The molecule has 0 heterocycles. The van der Waals surface area contributed by atoms with Gasteiger partial charge in [-0.15, -0.1) is 0 Å². The molecule has 0 spiro atoms. The Bertz CT molecular complexity index is 1050. The van der Waals surface area contributed by atoms with Gasteiger partial charge in [0.1, 0.15) is 5.75 Å². The van der Waals surface area contributed by atoms with Crippen molar-refractivity contribution in [2.75, 3.05) is 18.1 Å². The van der Waals surface area contributed by atoms with E-state index in [-0.39, 0.29) is 17.7 Å². The molecule has 2 aromatic carbocycles. The zero-order chi connectivity index (χ0) is 22.7. The summed E-state index contributed by atoms with van der Waals surface area (Å²) in [6.07, 6.45) is 6.46. The number of hydrogen-bond donors (Lipinski definition) is 1. The third-order valence-corrected chi connectivity index (χ3v) is 9.43. The van der Waals surface area contributed by atoms with Crippen LogP contribution in [0, 0.1) is 5.92 Å². The first kappa shape index (κ1) is 23.9. The van der Waals surface area contributed by atoms with Crippen LogP contribution < -0.4 is 10.5 Å². The largest absolute Gasteiger partial charge is 0.494 e. The molecular formula is C25H31Cl2NO3S. The number of fused-ring (bicyclic) bond motifs is 1. The molecule has 0 saturated heterocycles. The minimum absolute atomic E-state index is 0.0591. The van der Waals surface area contributed by atoms with E-state index in [1.165, 1.54) is 11.1 Å². The fraction of sp³-hybridized carbons (Fsp3) is 0.520. The maximum absolute atomic E-state index is 12.2. The van der Waals surface area contributed by atoms with Gasteiger partial charge in [-0.05, 0) is 85.4 Å². The summed E-state index contributed by atoms with van der Waals surface area (Å²) in [4.78, 5) is 0. The Morgan fingerprint density at radius 2 is 1.84 bits per heavy atom. The van der Waals surface area contributed by atoms with Crippen molar-refractivity contribution in [1.29, 1.82) is 0 Å². The SMILES string of the molecule is NC1CCc2ccc(OCCCS(=O)(=O)CC3CCC3)cc2C1Cc1ccc(Cl)c(Cl)c1. The van der Waals surface area contributed by atoms with Gasteiger partial charge in [0, 0.05) is 12.0 Å². The monoisotopic (exact) mass is 495 g/mol. The lowest BCUT2D eigenvalue weighted by atomic mass is 9.76. The van der Waals surface area contributed by atoms with E-state index >= 15 is 0 Å². The summed E-state index contributed by atoms with van der Waals surface area (Å²) in [6, 6.07) is 12.0. The number of halogens is 2. The van der Waals surface area contributed by atoms with Crippen molar-refractivity contribution in [3.05, 3.63) is 63.1 Å². The van der Waals surface area contributed by atoms with Crippen LogP contribution in [0.25, 0.3) is 0 Å². The second kappa shape index (κ2) is 10.3. The van der Waals surface area contributed by atoms with Crippen molar-refractivity contribution < 1.29 is 13.2 Å². The van der Waals surface area contributed by atoms with Crippen molar-refractivity contribution in [2.45, 2.75) is 56.9 Å². The molecular weight excluding hydrogens is 465 g/mol. The molecule has 0 bridgehead atoms. The topological polar surface area (TPSA) is 69.4 Å². The predicted molar refractivity (Wildman–Crippen MR) is 132 cm³/mol. The van der Waals surface area contributed by atoms with Crippen molar-refractivity contribution >= 4 is 33.0 Å². The lowest BCUT2D eigenvalue weighted by Crippen LogP contribution is -2.34. The first-order valence-electron chi connectivity index (χ1n) is 11.5. The van der Waals surface area contributed by atoms with E-state index in [0.717, 1.165) is 49.8 Å². The second-order valence-electron chi connectivity index (χ2n) is 9.24. The van der Waals surface area contributed by atoms with Gasteiger partial charge in [0.2, 0.25) is 0 Å². The molecule has 2 N–H and O–H groups in total. The number of sulfone groups is 1. The van der Waals surface area contributed by atoms with Gasteiger partial charge in [-0.25, -0.2) is 8.42 Å². The highest BCUT2D eigenvalue weighted by Crippen LogP contribution is 2.36. The maximum atomic E-state index is 12.2. The quantitative estimate of drug-likeness (QED) is 0.461.